The zero-order valence-electron chi connectivity index (χ0n) is 15.7. The summed E-state index contributed by atoms with van der Waals surface area (Å²) >= 11 is 6.28. The number of methoxy groups -OCH3 is 2. The number of halogens is 1. The van der Waals surface area contributed by atoms with E-state index in [2.05, 4.69) is 26.6 Å². The van der Waals surface area contributed by atoms with E-state index in [9.17, 15) is 5.26 Å². The Morgan fingerprint density at radius 2 is 2.07 bits per heavy atom. The van der Waals surface area contributed by atoms with Gasteiger partial charge in [-0.25, -0.2) is 9.97 Å². The Hall–Kier alpha value is -3.21. The van der Waals surface area contributed by atoms with Gasteiger partial charge in [-0.05, 0) is 31.2 Å². The molecule has 28 heavy (non-hydrogen) atoms. The molecule has 1 aromatic carbocycles. The van der Waals surface area contributed by atoms with E-state index in [0.29, 0.717) is 34.5 Å². The average molecular weight is 396 g/mol. The third-order valence-corrected chi connectivity index (χ3v) is 4.32. The molecule has 0 aliphatic carbocycles. The standard InChI is InChI=1S/C20H18ClN5O2/c1-12-6-15(11-27-2)17(9-22)20(24-12)26-23-10-14-7-13-4-5-16(28-3)8-18(13)25-19(14)21/h4-8,10H,11H2,1-3H3,(H,24,26)/b23-10+. The van der Waals surface area contributed by atoms with Gasteiger partial charge < -0.3 is 9.47 Å². The normalized spacial score (nSPS) is 11.0. The molecule has 8 heteroatoms. The van der Waals surface area contributed by atoms with Gasteiger partial charge in [0.15, 0.2) is 5.82 Å². The lowest BCUT2D eigenvalue weighted by atomic mass is 10.1. The summed E-state index contributed by atoms with van der Waals surface area (Å²) in [6.07, 6.45) is 1.54. The van der Waals surface area contributed by atoms with Crippen molar-refractivity contribution in [3.05, 3.63) is 57.9 Å². The maximum absolute atomic E-state index is 9.46. The molecular formula is C20H18ClN5O2. The highest BCUT2D eigenvalue weighted by molar-refractivity contribution is 6.32. The zero-order chi connectivity index (χ0) is 20.1. The molecule has 0 radical (unpaired) electrons. The zero-order valence-corrected chi connectivity index (χ0v) is 16.4. The minimum atomic E-state index is 0.309. The predicted molar refractivity (Wildman–Crippen MR) is 109 cm³/mol. The number of hydrogen-bond donors (Lipinski definition) is 1. The van der Waals surface area contributed by atoms with Crippen molar-refractivity contribution in [2.24, 2.45) is 5.10 Å². The van der Waals surface area contributed by atoms with E-state index in [-0.39, 0.29) is 0 Å². The van der Waals surface area contributed by atoms with Crippen molar-refractivity contribution in [3.63, 3.8) is 0 Å². The van der Waals surface area contributed by atoms with Crippen LogP contribution in [-0.4, -0.2) is 30.4 Å². The van der Waals surface area contributed by atoms with Gasteiger partial charge in [0.05, 0.1) is 25.4 Å². The van der Waals surface area contributed by atoms with Crippen LogP contribution < -0.4 is 10.2 Å². The largest absolute Gasteiger partial charge is 0.497 e. The quantitative estimate of drug-likeness (QED) is 0.384. The number of rotatable bonds is 6. The molecule has 1 N–H and O–H groups in total. The van der Waals surface area contributed by atoms with Crippen LogP contribution in [0.4, 0.5) is 5.82 Å². The molecule has 0 saturated heterocycles. The fourth-order valence-electron chi connectivity index (χ4n) is 2.74. The molecule has 3 aromatic rings. The van der Waals surface area contributed by atoms with Gasteiger partial charge in [0.25, 0.3) is 0 Å². The lowest BCUT2D eigenvalue weighted by Gasteiger charge is -2.09. The van der Waals surface area contributed by atoms with E-state index in [0.717, 1.165) is 22.2 Å². The van der Waals surface area contributed by atoms with Crippen LogP contribution in [0.3, 0.4) is 0 Å². The number of pyridine rings is 2. The molecule has 0 unspecified atom stereocenters. The van der Waals surface area contributed by atoms with Crippen molar-refractivity contribution in [3.8, 4) is 11.8 Å². The molecule has 0 bridgehead atoms. The van der Waals surface area contributed by atoms with Crippen LogP contribution in [0.15, 0.2) is 35.4 Å². The molecule has 3 rings (SSSR count). The second-order valence-electron chi connectivity index (χ2n) is 5.99. The predicted octanol–water partition coefficient (Wildman–Crippen LogP) is 4.06. The Bertz CT molecular complexity index is 1090. The van der Waals surface area contributed by atoms with Crippen LogP contribution in [-0.2, 0) is 11.3 Å². The van der Waals surface area contributed by atoms with E-state index in [1.54, 1.807) is 20.4 Å². The first kappa shape index (κ1) is 19.5. The highest BCUT2D eigenvalue weighted by Crippen LogP contribution is 2.24. The Morgan fingerprint density at radius 3 is 2.79 bits per heavy atom. The van der Waals surface area contributed by atoms with Gasteiger partial charge >= 0.3 is 0 Å². The first-order valence-electron chi connectivity index (χ1n) is 8.38. The summed E-state index contributed by atoms with van der Waals surface area (Å²) < 4.78 is 10.4. The number of ether oxygens (including phenoxy) is 2. The van der Waals surface area contributed by atoms with Crippen molar-refractivity contribution in [1.82, 2.24) is 9.97 Å². The topological polar surface area (TPSA) is 92.4 Å². The van der Waals surface area contributed by atoms with E-state index >= 15 is 0 Å². The number of hydrazone groups is 1. The number of hydrogen-bond acceptors (Lipinski definition) is 7. The molecule has 0 fully saturated rings. The molecule has 0 aliphatic heterocycles. The SMILES string of the molecule is COCc1cc(C)nc(N/N=C/c2cc3ccc(OC)cc3nc2Cl)c1C#N. The maximum atomic E-state index is 9.46. The number of benzene rings is 1. The summed E-state index contributed by atoms with van der Waals surface area (Å²) in [6.45, 7) is 2.15. The number of nitriles is 1. The van der Waals surface area contributed by atoms with Gasteiger partial charge in [-0.1, -0.05) is 11.6 Å². The van der Waals surface area contributed by atoms with Crippen LogP contribution in [0.5, 0.6) is 5.75 Å². The molecule has 2 aromatic heterocycles. The molecule has 7 nitrogen and oxygen atoms in total. The molecule has 0 aliphatic rings. The third kappa shape index (κ3) is 4.19. The average Bonchev–Trinajstić information content (AvgIpc) is 2.68. The molecule has 0 amide bonds. The second kappa shape index (κ2) is 8.65. The smallest absolute Gasteiger partial charge is 0.164 e. The van der Waals surface area contributed by atoms with Gasteiger partial charge in [-0.2, -0.15) is 10.4 Å². The molecular weight excluding hydrogens is 378 g/mol. The third-order valence-electron chi connectivity index (χ3n) is 4.02. The monoisotopic (exact) mass is 395 g/mol. The Kier molecular flexibility index (Phi) is 6.04. The fraction of sp³-hybridized carbons (Fsp3) is 0.200. The van der Waals surface area contributed by atoms with E-state index in [4.69, 9.17) is 21.1 Å². The fourth-order valence-corrected chi connectivity index (χ4v) is 2.93. The van der Waals surface area contributed by atoms with Gasteiger partial charge in [-0.3, -0.25) is 5.43 Å². The van der Waals surface area contributed by atoms with Crippen LogP contribution in [0.1, 0.15) is 22.4 Å². The summed E-state index contributed by atoms with van der Waals surface area (Å²) in [5, 5.41) is 14.9. The van der Waals surface area contributed by atoms with Gasteiger partial charge in [0.2, 0.25) is 0 Å². The number of aryl methyl sites for hydroxylation is 1. The lowest BCUT2D eigenvalue weighted by molar-refractivity contribution is 0.184. The van der Waals surface area contributed by atoms with Crippen molar-refractivity contribution in [2.75, 3.05) is 19.6 Å². The van der Waals surface area contributed by atoms with Crippen LogP contribution in [0, 0.1) is 18.3 Å². The van der Waals surface area contributed by atoms with E-state index in [1.165, 1.54) is 0 Å². The van der Waals surface area contributed by atoms with Gasteiger partial charge in [0, 0.05) is 35.4 Å². The molecule has 0 saturated carbocycles. The number of nitrogens with zero attached hydrogens (tertiary/aromatic N) is 4. The summed E-state index contributed by atoms with van der Waals surface area (Å²) in [5.41, 5.74) is 6.07. The second-order valence-corrected chi connectivity index (χ2v) is 6.35. The Labute approximate surface area is 167 Å². The van der Waals surface area contributed by atoms with Crippen molar-refractivity contribution < 1.29 is 9.47 Å². The minimum absolute atomic E-state index is 0.309. The first-order valence-corrected chi connectivity index (χ1v) is 8.76. The summed E-state index contributed by atoms with van der Waals surface area (Å²) in [7, 11) is 3.18. The van der Waals surface area contributed by atoms with Crippen LogP contribution >= 0.6 is 11.6 Å². The highest BCUT2D eigenvalue weighted by atomic mass is 35.5. The summed E-state index contributed by atoms with van der Waals surface area (Å²) in [4.78, 5) is 8.72. The van der Waals surface area contributed by atoms with Gasteiger partial charge in [-0.15, -0.1) is 0 Å². The Morgan fingerprint density at radius 1 is 1.25 bits per heavy atom. The number of aromatic nitrogens is 2. The van der Waals surface area contributed by atoms with Crippen molar-refractivity contribution >= 4 is 34.5 Å². The summed E-state index contributed by atoms with van der Waals surface area (Å²) in [6, 6.07) is 11.4. The van der Waals surface area contributed by atoms with Crippen molar-refractivity contribution in [1.29, 1.82) is 5.26 Å². The molecule has 0 atom stereocenters. The van der Waals surface area contributed by atoms with Crippen LogP contribution in [0.25, 0.3) is 10.9 Å². The van der Waals surface area contributed by atoms with E-state index in [1.807, 2.05) is 37.3 Å². The number of nitrogens with one attached hydrogen (secondary N) is 1. The summed E-state index contributed by atoms with van der Waals surface area (Å²) in [5.74, 6) is 1.07. The van der Waals surface area contributed by atoms with E-state index < -0.39 is 0 Å². The number of fused-ring (bicyclic) bond motifs is 1. The molecule has 142 valence electrons. The molecule has 2 heterocycles. The maximum Gasteiger partial charge on any atom is 0.164 e. The van der Waals surface area contributed by atoms with Gasteiger partial charge in [0.1, 0.15) is 22.5 Å². The lowest BCUT2D eigenvalue weighted by Crippen LogP contribution is -2.03. The van der Waals surface area contributed by atoms with Crippen LogP contribution in [0.2, 0.25) is 5.15 Å². The van der Waals surface area contributed by atoms with Crippen molar-refractivity contribution in [2.45, 2.75) is 13.5 Å². The minimum Gasteiger partial charge on any atom is -0.497 e. The Balaban J connectivity index is 1.89. The highest BCUT2D eigenvalue weighted by Gasteiger charge is 2.11. The number of anilines is 1. The molecule has 0 spiro atoms. The first-order chi connectivity index (χ1) is 13.5.